The van der Waals surface area contributed by atoms with Crippen LogP contribution in [0.4, 0.5) is 18.9 Å². The Bertz CT molecular complexity index is 2370. The molecule has 3 aliphatic rings. The third kappa shape index (κ3) is 10.1. The number of fused-ring (bicyclic) bond motifs is 2. The maximum absolute atomic E-state index is 13.4. The van der Waals surface area contributed by atoms with E-state index in [1.807, 2.05) is 37.3 Å². The van der Waals surface area contributed by atoms with Crippen LogP contribution in [0.25, 0.3) is 10.8 Å². The molecule has 1 spiro atoms. The second kappa shape index (κ2) is 18.7. The Balaban J connectivity index is 0.000000739. The summed E-state index contributed by atoms with van der Waals surface area (Å²) in [5, 5.41) is 6.21. The van der Waals surface area contributed by atoms with Gasteiger partial charge in [-0.05, 0) is 121 Å². The molecule has 0 saturated carbocycles. The van der Waals surface area contributed by atoms with E-state index >= 15 is 0 Å². The van der Waals surface area contributed by atoms with Crippen LogP contribution in [-0.2, 0) is 28.9 Å². The number of nitrogens with one attached hydrogen (secondary N) is 2. The van der Waals surface area contributed by atoms with Gasteiger partial charge >= 0.3 is 6.18 Å². The zero-order valence-corrected chi connectivity index (χ0v) is 34.2. The molecule has 4 heterocycles. The molecule has 14 heteroatoms. The first kappa shape index (κ1) is 43.0. The smallest absolute Gasteiger partial charge is 0.416 e. The van der Waals surface area contributed by atoms with Gasteiger partial charge in [0, 0.05) is 74.8 Å². The number of carbonyl (C=O) groups is 4. The van der Waals surface area contributed by atoms with E-state index in [1.54, 1.807) is 42.4 Å². The summed E-state index contributed by atoms with van der Waals surface area (Å²) in [5.41, 5.74) is 7.81. The molecule has 1 aromatic heterocycles. The molecule has 0 bridgehead atoms. The minimum atomic E-state index is -4.42. The molecule has 11 nitrogen and oxygen atoms in total. The van der Waals surface area contributed by atoms with Gasteiger partial charge in [-0.25, -0.2) is 5.43 Å². The highest BCUT2D eigenvalue weighted by molar-refractivity contribution is 6.00. The lowest BCUT2D eigenvalue weighted by atomic mass is 9.72. The number of nitrogens with zero attached hydrogens (tertiary/aromatic N) is 4. The molecular formula is C47H49F3N6O5. The Labute approximate surface area is 352 Å². The molecule has 2 N–H and O–H groups in total. The zero-order chi connectivity index (χ0) is 43.1. The van der Waals surface area contributed by atoms with E-state index < -0.39 is 11.7 Å². The van der Waals surface area contributed by atoms with E-state index in [1.165, 1.54) is 17.8 Å². The summed E-state index contributed by atoms with van der Waals surface area (Å²) in [6, 6.07) is 27.0. The quantitative estimate of drug-likeness (QED) is 0.0891. The molecule has 2 fully saturated rings. The minimum Gasteiger partial charge on any atom is -0.457 e. The van der Waals surface area contributed by atoms with Crippen LogP contribution in [0.15, 0.2) is 97.1 Å². The summed E-state index contributed by atoms with van der Waals surface area (Å²) >= 11 is 0. The molecule has 4 aromatic carbocycles. The number of pyridine rings is 1. The Kier molecular flexibility index (Phi) is 13.1. The van der Waals surface area contributed by atoms with Crippen molar-refractivity contribution < 1.29 is 37.1 Å². The largest absolute Gasteiger partial charge is 0.457 e. The van der Waals surface area contributed by atoms with Gasteiger partial charge < -0.3 is 24.5 Å². The van der Waals surface area contributed by atoms with Crippen molar-refractivity contribution in [3.05, 3.63) is 131 Å². The van der Waals surface area contributed by atoms with Gasteiger partial charge in [0.15, 0.2) is 0 Å². The highest BCUT2D eigenvalue weighted by Crippen LogP contribution is 2.42. The van der Waals surface area contributed by atoms with Crippen LogP contribution in [0.3, 0.4) is 0 Å². The summed E-state index contributed by atoms with van der Waals surface area (Å²) in [6.07, 6.45) is 1.20. The number of hydrazine groups is 1. The molecule has 0 aliphatic carbocycles. The number of anilines is 1. The number of hydrogen-bond acceptors (Lipinski definition) is 9. The number of rotatable bonds is 13. The first-order valence-electron chi connectivity index (χ1n) is 20.5. The molecule has 3 aliphatic heterocycles. The number of alkyl halides is 3. The lowest BCUT2D eigenvalue weighted by Gasteiger charge is -2.54. The molecule has 1 unspecified atom stereocenters. The normalized spacial score (nSPS) is 16.3. The van der Waals surface area contributed by atoms with Crippen molar-refractivity contribution in [2.45, 2.75) is 64.3 Å². The van der Waals surface area contributed by atoms with Crippen LogP contribution in [-0.4, -0.2) is 72.5 Å². The number of unbranched alkanes of at least 4 members (excludes halogenated alkanes) is 2. The molecule has 318 valence electrons. The summed E-state index contributed by atoms with van der Waals surface area (Å²) < 4.78 is 44.8. The fourth-order valence-electron chi connectivity index (χ4n) is 8.27. The predicted molar refractivity (Wildman–Crippen MR) is 226 cm³/mol. The Hall–Kier alpha value is -6.12. The number of hydrogen-bond donors (Lipinski definition) is 2. The van der Waals surface area contributed by atoms with E-state index in [0.29, 0.717) is 42.5 Å². The van der Waals surface area contributed by atoms with E-state index in [0.717, 1.165) is 104 Å². The molecule has 61 heavy (non-hydrogen) atoms. The van der Waals surface area contributed by atoms with E-state index in [4.69, 9.17) is 9.72 Å². The van der Waals surface area contributed by atoms with Crippen LogP contribution in [0, 0.1) is 5.41 Å². The van der Waals surface area contributed by atoms with Crippen molar-refractivity contribution in [2.24, 2.45) is 5.41 Å². The lowest BCUT2D eigenvalue weighted by molar-refractivity contribution is -0.137. The molecule has 2 saturated heterocycles. The first-order valence-corrected chi connectivity index (χ1v) is 20.5. The predicted octanol–water partition coefficient (Wildman–Crippen LogP) is 8.28. The van der Waals surface area contributed by atoms with Crippen LogP contribution in [0.1, 0.15) is 88.3 Å². The third-order valence-corrected chi connectivity index (χ3v) is 11.6. The third-order valence-electron chi connectivity index (χ3n) is 11.6. The van der Waals surface area contributed by atoms with Gasteiger partial charge in [0.25, 0.3) is 11.8 Å². The van der Waals surface area contributed by atoms with Gasteiger partial charge in [0.1, 0.15) is 24.1 Å². The lowest BCUT2D eigenvalue weighted by Crippen LogP contribution is -2.59. The molecule has 5 aromatic rings. The van der Waals surface area contributed by atoms with Crippen LogP contribution in [0.2, 0.25) is 0 Å². The van der Waals surface area contributed by atoms with Crippen LogP contribution in [0.5, 0.6) is 11.5 Å². The molecule has 1 atom stereocenters. The number of carbonyl (C=O) groups excluding carboxylic acids is 4. The first-order chi connectivity index (χ1) is 29.4. The maximum Gasteiger partial charge on any atom is 0.416 e. The van der Waals surface area contributed by atoms with Crippen molar-refractivity contribution in [1.29, 1.82) is 0 Å². The molecule has 8 rings (SSSR count). The van der Waals surface area contributed by atoms with Crippen LogP contribution >= 0.6 is 0 Å². The monoisotopic (exact) mass is 834 g/mol. The van der Waals surface area contributed by atoms with Gasteiger partial charge in [-0.2, -0.15) is 13.2 Å². The van der Waals surface area contributed by atoms with Gasteiger partial charge in [-0.15, -0.1) is 0 Å². The Morgan fingerprint density at radius 3 is 2.33 bits per heavy atom. The number of benzene rings is 4. The van der Waals surface area contributed by atoms with Gasteiger partial charge in [0.2, 0.25) is 0 Å². The van der Waals surface area contributed by atoms with Crippen molar-refractivity contribution in [3.8, 4) is 11.5 Å². The standard InChI is InChI=1S/C42H41F3N6O3.C5H8O2/c1-27(47-39(52)29-9-15-35-28(21-29)5-3-8-38(35)54-34-13-10-31(11-14-34)42(43,44)45)37-7-4-6-32(48-37)24-49-25-41(26-49)17-19-50(20-18-41)33-12-16-36-30(22-33)23-51(46-2)40(36)53;6-4-2-1-3-5-7/h3-16,21-22,27,46H,17-20,23-26H2,1-2H3,(H,47,52);4-5H,1-3H2. The van der Waals surface area contributed by atoms with Crippen LogP contribution < -0.4 is 20.4 Å². The van der Waals surface area contributed by atoms with Crippen molar-refractivity contribution in [2.75, 3.05) is 38.1 Å². The average Bonchev–Trinajstić information content (AvgIpc) is 3.58. The highest BCUT2D eigenvalue weighted by Gasteiger charge is 2.45. The Morgan fingerprint density at radius 1 is 0.918 bits per heavy atom. The fourth-order valence-corrected chi connectivity index (χ4v) is 8.27. The van der Waals surface area contributed by atoms with Gasteiger partial charge in [-0.1, -0.05) is 18.2 Å². The van der Waals surface area contributed by atoms with Crippen molar-refractivity contribution >= 4 is 40.8 Å². The van der Waals surface area contributed by atoms with Crippen molar-refractivity contribution in [3.63, 3.8) is 0 Å². The molecule has 0 radical (unpaired) electrons. The number of ether oxygens (including phenoxy) is 1. The second-order valence-electron chi connectivity index (χ2n) is 15.9. The zero-order valence-electron chi connectivity index (χ0n) is 34.2. The summed E-state index contributed by atoms with van der Waals surface area (Å²) in [7, 11) is 1.77. The summed E-state index contributed by atoms with van der Waals surface area (Å²) in [6.45, 7) is 7.33. The number of aromatic nitrogens is 1. The van der Waals surface area contributed by atoms with E-state index in [-0.39, 0.29) is 23.6 Å². The number of halogens is 3. The topological polar surface area (TPSA) is 124 Å². The number of aldehydes is 2. The summed E-state index contributed by atoms with van der Waals surface area (Å²) in [5.74, 6) is 0.544. The molecular weight excluding hydrogens is 786 g/mol. The SMILES string of the molecule is CNN1Cc2cc(N3CCC4(CC3)CN(Cc3cccc(C(C)NC(=O)c5ccc6c(Oc7ccc(C(F)(F)F)cc7)cccc6c5)n3)C4)ccc2C1=O.O=CCCCC=O. The van der Waals surface area contributed by atoms with E-state index in [2.05, 4.69) is 32.7 Å². The van der Waals surface area contributed by atoms with Crippen molar-refractivity contribution in [1.82, 2.24) is 25.6 Å². The average molecular weight is 835 g/mol. The number of likely N-dealkylation sites (tertiary alicyclic amines) is 1. The fraction of sp³-hybridized carbons (Fsp3) is 0.340. The van der Waals surface area contributed by atoms with Gasteiger partial charge in [-0.3, -0.25) is 24.5 Å². The second-order valence-corrected chi connectivity index (χ2v) is 15.9. The minimum absolute atomic E-state index is 0.0272. The maximum atomic E-state index is 13.4. The summed E-state index contributed by atoms with van der Waals surface area (Å²) in [4.78, 5) is 54.8. The highest BCUT2D eigenvalue weighted by atomic mass is 19.4. The van der Waals surface area contributed by atoms with Gasteiger partial charge in [0.05, 0.1) is 29.5 Å². The number of amides is 2. The number of piperidine rings is 1. The Morgan fingerprint density at radius 2 is 1.64 bits per heavy atom. The molecule has 2 amide bonds. The van der Waals surface area contributed by atoms with E-state index in [9.17, 15) is 32.3 Å².